The van der Waals surface area contributed by atoms with E-state index in [1.165, 1.54) is 32.4 Å². The van der Waals surface area contributed by atoms with E-state index in [1.807, 2.05) is 0 Å². The molecule has 0 saturated carbocycles. The van der Waals surface area contributed by atoms with Gasteiger partial charge in [0.2, 0.25) is 0 Å². The standard InChI is InChI=1S/C14H14ClFN2O3/c1-20-13-9(15)4-3-8(12(13)16)10-5-7(17)6-11(18-10)14(19)21-2/h3-4,6,10H,5,17H2,1-2H3. The molecule has 2 N–H and O–H groups in total. The summed E-state index contributed by atoms with van der Waals surface area (Å²) in [7, 11) is 2.57. The molecule has 2 rings (SSSR count). The van der Waals surface area contributed by atoms with Crippen molar-refractivity contribution < 1.29 is 18.7 Å². The first-order chi connectivity index (χ1) is 9.97. The summed E-state index contributed by atoms with van der Waals surface area (Å²) in [6.07, 6.45) is 1.72. The van der Waals surface area contributed by atoms with E-state index in [-0.39, 0.29) is 22.0 Å². The number of esters is 1. The molecule has 0 fully saturated rings. The molecule has 112 valence electrons. The van der Waals surface area contributed by atoms with E-state index in [0.29, 0.717) is 12.1 Å². The zero-order chi connectivity index (χ0) is 15.6. The molecule has 0 spiro atoms. The molecule has 0 amide bonds. The lowest BCUT2D eigenvalue weighted by Crippen LogP contribution is -2.22. The summed E-state index contributed by atoms with van der Waals surface area (Å²) in [5, 5.41) is 0.162. The highest BCUT2D eigenvalue weighted by atomic mass is 35.5. The Labute approximate surface area is 126 Å². The quantitative estimate of drug-likeness (QED) is 0.870. The zero-order valence-electron chi connectivity index (χ0n) is 11.5. The molecule has 1 atom stereocenters. The van der Waals surface area contributed by atoms with Crippen LogP contribution in [0.5, 0.6) is 5.75 Å². The van der Waals surface area contributed by atoms with E-state index in [9.17, 15) is 9.18 Å². The maximum Gasteiger partial charge on any atom is 0.356 e. The van der Waals surface area contributed by atoms with Crippen molar-refractivity contribution in [1.29, 1.82) is 0 Å². The Morgan fingerprint density at radius 2 is 2.19 bits per heavy atom. The van der Waals surface area contributed by atoms with E-state index >= 15 is 0 Å². The van der Waals surface area contributed by atoms with Gasteiger partial charge in [-0.3, -0.25) is 4.99 Å². The topological polar surface area (TPSA) is 73.9 Å². The van der Waals surface area contributed by atoms with Gasteiger partial charge in [-0.05, 0) is 12.1 Å². The van der Waals surface area contributed by atoms with Gasteiger partial charge in [0.25, 0.3) is 0 Å². The fourth-order valence-corrected chi connectivity index (χ4v) is 2.32. The molecule has 1 aliphatic rings. The Bertz CT molecular complexity index is 643. The van der Waals surface area contributed by atoms with Gasteiger partial charge in [0.15, 0.2) is 11.6 Å². The summed E-state index contributed by atoms with van der Waals surface area (Å²) < 4.78 is 23.9. The van der Waals surface area contributed by atoms with Crippen LogP contribution in [0.25, 0.3) is 0 Å². The Morgan fingerprint density at radius 3 is 2.81 bits per heavy atom. The molecule has 0 radical (unpaired) electrons. The molecule has 7 heteroatoms. The van der Waals surface area contributed by atoms with Crippen LogP contribution in [0.3, 0.4) is 0 Å². The van der Waals surface area contributed by atoms with Gasteiger partial charge in [-0.1, -0.05) is 17.7 Å². The Kier molecular flexibility index (Phi) is 4.47. The van der Waals surface area contributed by atoms with Gasteiger partial charge < -0.3 is 15.2 Å². The van der Waals surface area contributed by atoms with Crippen molar-refractivity contribution in [2.24, 2.45) is 10.7 Å². The van der Waals surface area contributed by atoms with E-state index in [0.717, 1.165) is 0 Å². The van der Waals surface area contributed by atoms with Gasteiger partial charge in [-0.25, -0.2) is 9.18 Å². The third kappa shape index (κ3) is 3.00. The summed E-state index contributed by atoms with van der Waals surface area (Å²) >= 11 is 5.86. The number of carbonyl (C=O) groups excluding carboxylic acids is 1. The van der Waals surface area contributed by atoms with Crippen LogP contribution >= 0.6 is 11.6 Å². The van der Waals surface area contributed by atoms with Crippen LogP contribution in [0, 0.1) is 5.82 Å². The number of nitrogens with zero attached hydrogens (tertiary/aromatic N) is 1. The predicted octanol–water partition coefficient (Wildman–Crippen LogP) is 2.39. The lowest BCUT2D eigenvalue weighted by molar-refractivity contribution is -0.132. The number of halogens is 2. The second kappa shape index (κ2) is 6.13. The first kappa shape index (κ1) is 15.3. The number of nitrogens with two attached hydrogens (primary N) is 1. The highest BCUT2D eigenvalue weighted by Crippen LogP contribution is 2.36. The molecule has 0 aliphatic carbocycles. The fourth-order valence-electron chi connectivity index (χ4n) is 2.10. The molecular weight excluding hydrogens is 299 g/mol. The smallest absolute Gasteiger partial charge is 0.356 e. The highest BCUT2D eigenvalue weighted by Gasteiger charge is 2.25. The molecular formula is C14H14ClFN2O3. The summed E-state index contributed by atoms with van der Waals surface area (Å²) in [5.41, 5.74) is 6.52. The van der Waals surface area contributed by atoms with Crippen LogP contribution in [0.1, 0.15) is 18.0 Å². The molecule has 0 bridgehead atoms. The van der Waals surface area contributed by atoms with E-state index in [1.54, 1.807) is 0 Å². The maximum absolute atomic E-state index is 14.4. The zero-order valence-corrected chi connectivity index (χ0v) is 12.3. The van der Waals surface area contributed by atoms with Crippen molar-refractivity contribution in [3.8, 4) is 5.75 Å². The summed E-state index contributed by atoms with van der Waals surface area (Å²) in [6.45, 7) is 0. The average molecular weight is 313 g/mol. The van der Waals surface area contributed by atoms with Gasteiger partial charge in [0, 0.05) is 17.7 Å². The summed E-state index contributed by atoms with van der Waals surface area (Å²) in [6, 6.07) is 2.39. The van der Waals surface area contributed by atoms with Crippen LogP contribution in [0.2, 0.25) is 5.02 Å². The Balaban J connectivity index is 2.45. The molecule has 1 unspecified atom stereocenters. The lowest BCUT2D eigenvalue weighted by atomic mass is 9.98. The molecule has 1 aliphatic heterocycles. The fraction of sp³-hybridized carbons (Fsp3) is 0.286. The first-order valence-corrected chi connectivity index (χ1v) is 6.49. The van der Waals surface area contributed by atoms with Gasteiger partial charge in [-0.15, -0.1) is 0 Å². The number of aliphatic imine (C=N–C) groups is 1. The highest BCUT2D eigenvalue weighted by molar-refractivity contribution is 6.41. The summed E-state index contributed by atoms with van der Waals surface area (Å²) in [4.78, 5) is 15.7. The van der Waals surface area contributed by atoms with Crippen molar-refractivity contribution in [1.82, 2.24) is 0 Å². The minimum Gasteiger partial charge on any atom is -0.492 e. The number of methoxy groups -OCH3 is 2. The molecule has 1 heterocycles. The van der Waals surface area contributed by atoms with Crippen molar-refractivity contribution in [2.75, 3.05) is 14.2 Å². The van der Waals surface area contributed by atoms with Crippen molar-refractivity contribution >= 4 is 23.3 Å². The van der Waals surface area contributed by atoms with E-state index < -0.39 is 17.8 Å². The number of benzene rings is 1. The normalized spacial score (nSPS) is 17.8. The third-order valence-electron chi connectivity index (χ3n) is 3.08. The second-order valence-electron chi connectivity index (χ2n) is 4.43. The monoisotopic (exact) mass is 312 g/mol. The van der Waals surface area contributed by atoms with E-state index in [2.05, 4.69) is 9.73 Å². The van der Waals surface area contributed by atoms with Crippen LogP contribution < -0.4 is 10.5 Å². The minimum absolute atomic E-state index is 0.0552. The van der Waals surface area contributed by atoms with Crippen LogP contribution in [0.15, 0.2) is 28.9 Å². The lowest BCUT2D eigenvalue weighted by Gasteiger charge is -2.20. The van der Waals surface area contributed by atoms with Gasteiger partial charge in [0.05, 0.1) is 25.3 Å². The largest absolute Gasteiger partial charge is 0.492 e. The number of ether oxygens (including phenoxy) is 2. The molecule has 1 aromatic carbocycles. The van der Waals surface area contributed by atoms with Gasteiger partial charge >= 0.3 is 5.97 Å². The number of rotatable bonds is 3. The predicted molar refractivity (Wildman–Crippen MR) is 77.0 cm³/mol. The molecule has 5 nitrogen and oxygen atoms in total. The molecule has 0 saturated heterocycles. The number of dihydropyridines is 1. The average Bonchev–Trinajstić information content (AvgIpc) is 2.46. The number of hydrogen-bond donors (Lipinski definition) is 1. The molecule has 0 aromatic heterocycles. The van der Waals surface area contributed by atoms with Gasteiger partial charge in [-0.2, -0.15) is 0 Å². The van der Waals surface area contributed by atoms with Crippen molar-refractivity contribution in [2.45, 2.75) is 12.5 Å². The van der Waals surface area contributed by atoms with Crippen LogP contribution in [0.4, 0.5) is 4.39 Å². The Morgan fingerprint density at radius 1 is 1.48 bits per heavy atom. The molecule has 21 heavy (non-hydrogen) atoms. The maximum atomic E-state index is 14.4. The van der Waals surface area contributed by atoms with E-state index in [4.69, 9.17) is 22.1 Å². The summed E-state index contributed by atoms with van der Waals surface area (Å²) in [5.74, 6) is -1.29. The third-order valence-corrected chi connectivity index (χ3v) is 3.38. The van der Waals surface area contributed by atoms with Crippen LogP contribution in [-0.2, 0) is 9.53 Å². The van der Waals surface area contributed by atoms with Gasteiger partial charge in [0.1, 0.15) is 5.71 Å². The number of hydrogen-bond acceptors (Lipinski definition) is 5. The Hall–Kier alpha value is -2.08. The molecule has 1 aromatic rings. The SMILES string of the molecule is COC(=O)C1=NC(c2ccc(Cl)c(OC)c2F)CC(N)=C1. The van der Waals surface area contributed by atoms with Crippen LogP contribution in [-0.4, -0.2) is 25.9 Å². The number of carbonyl (C=O) groups is 1. The van der Waals surface area contributed by atoms with Crippen molar-refractivity contribution in [3.63, 3.8) is 0 Å². The second-order valence-corrected chi connectivity index (χ2v) is 4.84. The van der Waals surface area contributed by atoms with Crippen molar-refractivity contribution in [3.05, 3.63) is 40.3 Å². The first-order valence-electron chi connectivity index (χ1n) is 6.12. The minimum atomic E-state index is -0.629.